The van der Waals surface area contributed by atoms with Gasteiger partial charge in [-0.2, -0.15) is 0 Å². The highest BCUT2D eigenvalue weighted by Crippen LogP contribution is 2.23. The van der Waals surface area contributed by atoms with Gasteiger partial charge < -0.3 is 10.3 Å². The number of hydrogen-bond acceptors (Lipinski definition) is 4. The number of aryl methyl sites for hydroxylation is 1. The molecule has 0 aliphatic heterocycles. The minimum Gasteiger partial charge on any atom is -0.399 e. The number of nitrogens with zero attached hydrogens (tertiary/aromatic N) is 1. The fourth-order valence-corrected chi connectivity index (χ4v) is 1.98. The lowest BCUT2D eigenvalue weighted by Crippen LogP contribution is -1.82. The second-order valence-corrected chi connectivity index (χ2v) is 4.34. The average molecular weight is 220 g/mol. The third kappa shape index (κ3) is 2.76. The van der Waals surface area contributed by atoms with Gasteiger partial charge in [0.15, 0.2) is 0 Å². The molecular formula is C11H12N2OS. The van der Waals surface area contributed by atoms with E-state index in [1.54, 1.807) is 11.8 Å². The van der Waals surface area contributed by atoms with Gasteiger partial charge in [-0.25, -0.2) is 0 Å². The minimum atomic E-state index is 0.787. The van der Waals surface area contributed by atoms with E-state index in [0.29, 0.717) is 0 Å². The number of nitrogen functional groups attached to an aromatic ring is 1. The predicted octanol–water partition coefficient (Wildman–Crippen LogP) is 2.86. The van der Waals surface area contributed by atoms with E-state index in [1.807, 2.05) is 37.3 Å². The number of aromatic nitrogens is 1. The molecule has 1 aromatic carbocycles. The van der Waals surface area contributed by atoms with Gasteiger partial charge in [0.25, 0.3) is 0 Å². The Hall–Kier alpha value is -1.42. The highest BCUT2D eigenvalue weighted by molar-refractivity contribution is 7.98. The molecule has 0 atom stereocenters. The Labute approximate surface area is 92.6 Å². The summed E-state index contributed by atoms with van der Waals surface area (Å²) in [7, 11) is 0. The molecular weight excluding hydrogens is 208 g/mol. The summed E-state index contributed by atoms with van der Waals surface area (Å²) in [5, 5.41) is 3.83. The van der Waals surface area contributed by atoms with Gasteiger partial charge in [0.2, 0.25) is 0 Å². The van der Waals surface area contributed by atoms with Gasteiger partial charge in [-0.3, -0.25) is 0 Å². The lowest BCUT2D eigenvalue weighted by molar-refractivity contribution is 0.391. The standard InChI is InChI=1S/C11H12N2OS/c1-8-6-10(14-13-8)7-15-11-4-2-9(12)3-5-11/h2-6H,7,12H2,1H3. The normalized spacial score (nSPS) is 10.5. The maximum Gasteiger partial charge on any atom is 0.147 e. The van der Waals surface area contributed by atoms with Gasteiger partial charge in [0, 0.05) is 16.6 Å². The lowest BCUT2D eigenvalue weighted by atomic mass is 10.3. The zero-order chi connectivity index (χ0) is 10.7. The van der Waals surface area contributed by atoms with Crippen LogP contribution in [-0.2, 0) is 5.75 Å². The largest absolute Gasteiger partial charge is 0.399 e. The molecule has 0 saturated carbocycles. The Kier molecular flexibility index (Phi) is 2.97. The molecule has 1 aromatic heterocycles. The van der Waals surface area contributed by atoms with E-state index >= 15 is 0 Å². The fraction of sp³-hybridized carbons (Fsp3) is 0.182. The van der Waals surface area contributed by atoms with Crippen LogP contribution >= 0.6 is 11.8 Å². The van der Waals surface area contributed by atoms with Gasteiger partial charge in [-0.05, 0) is 31.2 Å². The first kappa shape index (κ1) is 10.1. The molecule has 0 amide bonds. The molecule has 15 heavy (non-hydrogen) atoms. The fourth-order valence-electron chi connectivity index (χ4n) is 1.20. The van der Waals surface area contributed by atoms with Crippen molar-refractivity contribution in [1.29, 1.82) is 0 Å². The summed E-state index contributed by atoms with van der Waals surface area (Å²) in [6.07, 6.45) is 0. The van der Waals surface area contributed by atoms with Crippen molar-refractivity contribution in [3.8, 4) is 0 Å². The molecule has 3 nitrogen and oxygen atoms in total. The van der Waals surface area contributed by atoms with Crippen LogP contribution in [0.3, 0.4) is 0 Å². The highest BCUT2D eigenvalue weighted by Gasteiger charge is 2.01. The summed E-state index contributed by atoms with van der Waals surface area (Å²) in [6, 6.07) is 9.75. The number of benzene rings is 1. The molecule has 0 bridgehead atoms. The molecule has 1 heterocycles. The highest BCUT2D eigenvalue weighted by atomic mass is 32.2. The van der Waals surface area contributed by atoms with Gasteiger partial charge in [-0.1, -0.05) is 5.16 Å². The van der Waals surface area contributed by atoms with Crippen LogP contribution in [0.2, 0.25) is 0 Å². The van der Waals surface area contributed by atoms with E-state index < -0.39 is 0 Å². The third-order valence-corrected chi connectivity index (χ3v) is 2.97. The molecule has 2 N–H and O–H groups in total. The first-order valence-electron chi connectivity index (χ1n) is 4.64. The maximum atomic E-state index is 5.60. The summed E-state index contributed by atoms with van der Waals surface area (Å²) >= 11 is 1.71. The molecule has 0 radical (unpaired) electrons. The molecule has 2 aromatic rings. The van der Waals surface area contributed by atoms with Crippen molar-refractivity contribution in [2.45, 2.75) is 17.6 Å². The molecule has 0 unspecified atom stereocenters. The molecule has 0 spiro atoms. The van der Waals surface area contributed by atoms with Crippen molar-refractivity contribution in [2.75, 3.05) is 5.73 Å². The second kappa shape index (κ2) is 4.40. The molecule has 78 valence electrons. The van der Waals surface area contributed by atoms with Gasteiger partial charge >= 0.3 is 0 Å². The Morgan fingerprint density at radius 3 is 2.67 bits per heavy atom. The first-order chi connectivity index (χ1) is 7.24. The van der Waals surface area contributed by atoms with E-state index in [2.05, 4.69) is 5.16 Å². The molecule has 4 heteroatoms. The smallest absolute Gasteiger partial charge is 0.147 e. The van der Waals surface area contributed by atoms with Crippen LogP contribution in [0.25, 0.3) is 0 Å². The SMILES string of the molecule is Cc1cc(CSc2ccc(N)cc2)on1. The first-order valence-corrected chi connectivity index (χ1v) is 5.63. The Morgan fingerprint density at radius 1 is 1.33 bits per heavy atom. The van der Waals surface area contributed by atoms with E-state index in [-0.39, 0.29) is 0 Å². The van der Waals surface area contributed by atoms with E-state index in [1.165, 1.54) is 4.90 Å². The van der Waals surface area contributed by atoms with E-state index in [9.17, 15) is 0 Å². The predicted molar refractivity (Wildman–Crippen MR) is 61.7 cm³/mol. The van der Waals surface area contributed by atoms with Gasteiger partial charge in [0.1, 0.15) is 5.76 Å². The number of anilines is 1. The van der Waals surface area contributed by atoms with Crippen LogP contribution in [0.5, 0.6) is 0 Å². The molecule has 0 aliphatic rings. The van der Waals surface area contributed by atoms with Crippen molar-refractivity contribution < 1.29 is 4.52 Å². The average Bonchev–Trinajstić information content (AvgIpc) is 2.64. The van der Waals surface area contributed by atoms with Crippen LogP contribution < -0.4 is 5.73 Å². The minimum absolute atomic E-state index is 0.787. The maximum absolute atomic E-state index is 5.60. The van der Waals surface area contributed by atoms with Gasteiger partial charge in [-0.15, -0.1) is 11.8 Å². The van der Waals surface area contributed by atoms with Crippen LogP contribution in [0.4, 0.5) is 5.69 Å². The van der Waals surface area contributed by atoms with Crippen molar-refractivity contribution in [3.63, 3.8) is 0 Å². The number of rotatable bonds is 3. The molecule has 0 aliphatic carbocycles. The van der Waals surface area contributed by atoms with E-state index in [4.69, 9.17) is 10.3 Å². The van der Waals surface area contributed by atoms with E-state index in [0.717, 1.165) is 22.9 Å². The summed E-state index contributed by atoms with van der Waals surface area (Å²) < 4.78 is 5.11. The van der Waals surface area contributed by atoms with Crippen molar-refractivity contribution in [2.24, 2.45) is 0 Å². The van der Waals surface area contributed by atoms with Crippen molar-refractivity contribution in [3.05, 3.63) is 41.8 Å². The molecule has 2 rings (SSSR count). The Balaban J connectivity index is 1.96. The van der Waals surface area contributed by atoms with Crippen molar-refractivity contribution in [1.82, 2.24) is 5.16 Å². The number of thioether (sulfide) groups is 1. The summed E-state index contributed by atoms with van der Waals surface area (Å²) in [5.41, 5.74) is 7.31. The second-order valence-electron chi connectivity index (χ2n) is 3.29. The zero-order valence-corrected chi connectivity index (χ0v) is 9.25. The monoisotopic (exact) mass is 220 g/mol. The summed E-state index contributed by atoms with van der Waals surface area (Å²) in [6.45, 7) is 1.92. The zero-order valence-electron chi connectivity index (χ0n) is 8.43. The quantitative estimate of drug-likeness (QED) is 0.638. The van der Waals surface area contributed by atoms with Gasteiger partial charge in [0.05, 0.1) is 11.4 Å². The van der Waals surface area contributed by atoms with Crippen LogP contribution in [0.1, 0.15) is 11.5 Å². The Morgan fingerprint density at radius 2 is 2.07 bits per heavy atom. The van der Waals surface area contributed by atoms with Crippen LogP contribution in [0, 0.1) is 6.92 Å². The summed E-state index contributed by atoms with van der Waals surface area (Å²) in [5.74, 6) is 1.69. The molecule has 0 saturated heterocycles. The number of nitrogens with two attached hydrogens (primary N) is 1. The van der Waals surface area contributed by atoms with Crippen LogP contribution in [-0.4, -0.2) is 5.16 Å². The van der Waals surface area contributed by atoms with Crippen LogP contribution in [0.15, 0.2) is 39.8 Å². The topological polar surface area (TPSA) is 52.0 Å². The Bertz CT molecular complexity index is 436. The van der Waals surface area contributed by atoms with Crippen molar-refractivity contribution >= 4 is 17.4 Å². The lowest BCUT2D eigenvalue weighted by Gasteiger charge is -1.98. The number of hydrogen-bond donors (Lipinski definition) is 1. The molecule has 0 fully saturated rings. The summed E-state index contributed by atoms with van der Waals surface area (Å²) in [4.78, 5) is 1.18. The third-order valence-electron chi connectivity index (χ3n) is 1.94.